The number of nitrogens with zero attached hydrogens (tertiary/aromatic N) is 1. The van der Waals surface area contributed by atoms with Gasteiger partial charge in [0.25, 0.3) is 0 Å². The van der Waals surface area contributed by atoms with Gasteiger partial charge >= 0.3 is 5.69 Å². The number of nitrogens with two attached hydrogens (primary N) is 1. The summed E-state index contributed by atoms with van der Waals surface area (Å²) in [6.45, 7) is 2.44. The fourth-order valence-electron chi connectivity index (χ4n) is 1.65. The molecule has 8 heteroatoms. The van der Waals surface area contributed by atoms with Gasteiger partial charge in [-0.25, -0.2) is 13.6 Å². The van der Waals surface area contributed by atoms with Crippen molar-refractivity contribution in [2.45, 2.75) is 37.5 Å². The molecule has 7 nitrogen and oxygen atoms in total. The molecule has 1 rings (SSSR count). The van der Waals surface area contributed by atoms with Gasteiger partial charge in [0.15, 0.2) is 5.75 Å². The topological polar surface area (TPSA) is 113 Å². The van der Waals surface area contributed by atoms with E-state index >= 15 is 0 Å². The van der Waals surface area contributed by atoms with Crippen molar-refractivity contribution >= 4 is 15.7 Å². The molecule has 0 aliphatic rings. The number of benzene rings is 1. The molecule has 0 fully saturated rings. The second-order valence-electron chi connectivity index (χ2n) is 4.34. The molecule has 0 saturated heterocycles. The van der Waals surface area contributed by atoms with Crippen LogP contribution in [0.25, 0.3) is 0 Å². The van der Waals surface area contributed by atoms with Crippen LogP contribution in [0.2, 0.25) is 0 Å². The van der Waals surface area contributed by atoms with Gasteiger partial charge in [-0.1, -0.05) is 26.2 Å². The van der Waals surface area contributed by atoms with E-state index in [0.717, 1.165) is 31.7 Å². The molecular weight excluding hydrogens is 284 g/mol. The Bertz CT molecular complexity index is 571. The van der Waals surface area contributed by atoms with Crippen molar-refractivity contribution in [2.75, 3.05) is 6.61 Å². The van der Waals surface area contributed by atoms with Gasteiger partial charge < -0.3 is 4.74 Å². The van der Waals surface area contributed by atoms with Gasteiger partial charge in [-0.2, -0.15) is 0 Å². The summed E-state index contributed by atoms with van der Waals surface area (Å²) in [5.41, 5.74) is -0.396. The minimum atomic E-state index is -3.97. The number of sulfonamides is 1. The Morgan fingerprint density at radius 1 is 1.30 bits per heavy atom. The lowest BCUT2D eigenvalue weighted by Gasteiger charge is -2.07. The van der Waals surface area contributed by atoms with Crippen LogP contribution < -0.4 is 9.88 Å². The fraction of sp³-hybridized carbons (Fsp3) is 0.500. The van der Waals surface area contributed by atoms with E-state index in [9.17, 15) is 18.5 Å². The molecule has 0 aromatic heterocycles. The monoisotopic (exact) mass is 302 g/mol. The molecule has 0 radical (unpaired) electrons. The number of rotatable bonds is 8. The number of nitro groups is 1. The van der Waals surface area contributed by atoms with E-state index in [4.69, 9.17) is 9.88 Å². The molecule has 0 aliphatic carbocycles. The third kappa shape index (κ3) is 4.78. The van der Waals surface area contributed by atoms with Crippen LogP contribution in [0.5, 0.6) is 5.75 Å². The average molecular weight is 302 g/mol. The van der Waals surface area contributed by atoms with Crippen molar-refractivity contribution in [3.8, 4) is 5.75 Å². The average Bonchev–Trinajstić information content (AvgIpc) is 2.37. The quantitative estimate of drug-likeness (QED) is 0.449. The Kier molecular flexibility index (Phi) is 5.90. The normalized spacial score (nSPS) is 11.3. The zero-order chi connectivity index (χ0) is 15.2. The summed E-state index contributed by atoms with van der Waals surface area (Å²) in [5, 5.41) is 15.9. The molecule has 0 bridgehead atoms. The third-order valence-corrected chi connectivity index (χ3v) is 3.62. The summed E-state index contributed by atoms with van der Waals surface area (Å²) < 4.78 is 27.7. The molecule has 0 saturated carbocycles. The number of hydrogen-bond donors (Lipinski definition) is 1. The minimum Gasteiger partial charge on any atom is -0.487 e. The summed E-state index contributed by atoms with van der Waals surface area (Å²) >= 11 is 0. The zero-order valence-corrected chi connectivity index (χ0v) is 12.1. The Hall–Kier alpha value is -1.67. The van der Waals surface area contributed by atoms with Crippen molar-refractivity contribution in [2.24, 2.45) is 5.14 Å². The van der Waals surface area contributed by atoms with Gasteiger partial charge in [-0.3, -0.25) is 10.1 Å². The number of hydrogen-bond acceptors (Lipinski definition) is 5. The maximum Gasteiger partial charge on any atom is 0.312 e. The highest BCUT2D eigenvalue weighted by molar-refractivity contribution is 7.89. The molecule has 1 aromatic carbocycles. The number of unbranched alkanes of at least 4 members (excludes halogenated alkanes) is 3. The Labute approximate surface area is 117 Å². The molecule has 0 unspecified atom stereocenters. The first-order valence-corrected chi connectivity index (χ1v) is 7.85. The molecule has 0 heterocycles. The molecule has 2 N–H and O–H groups in total. The van der Waals surface area contributed by atoms with Gasteiger partial charge in [0.05, 0.1) is 16.4 Å². The Morgan fingerprint density at radius 3 is 2.55 bits per heavy atom. The van der Waals surface area contributed by atoms with E-state index in [1.807, 2.05) is 0 Å². The Balaban J connectivity index is 2.83. The van der Waals surface area contributed by atoms with Crippen molar-refractivity contribution < 1.29 is 18.1 Å². The molecule has 0 amide bonds. The van der Waals surface area contributed by atoms with Crippen LogP contribution in [-0.4, -0.2) is 19.9 Å². The molecule has 1 aromatic rings. The fourth-order valence-corrected chi connectivity index (χ4v) is 2.18. The zero-order valence-electron chi connectivity index (χ0n) is 11.2. The summed E-state index contributed by atoms with van der Waals surface area (Å²) in [7, 11) is -3.97. The van der Waals surface area contributed by atoms with Crippen LogP contribution in [0.1, 0.15) is 32.6 Å². The van der Waals surface area contributed by atoms with Crippen LogP contribution in [0.15, 0.2) is 23.1 Å². The van der Waals surface area contributed by atoms with E-state index < -0.39 is 20.6 Å². The number of primary sulfonamides is 1. The van der Waals surface area contributed by atoms with Gasteiger partial charge in [0, 0.05) is 6.07 Å². The standard InChI is InChI=1S/C12H18N2O5S/c1-2-3-4-5-8-19-12-7-6-10(20(13,17)18)9-11(12)14(15)16/h6-7,9H,2-5,8H2,1H3,(H2,13,17,18). The molecular formula is C12H18N2O5S. The predicted octanol–water partition coefficient (Wildman–Crippen LogP) is 2.20. The molecule has 0 atom stereocenters. The molecule has 112 valence electrons. The highest BCUT2D eigenvalue weighted by Gasteiger charge is 2.19. The van der Waals surface area contributed by atoms with Crippen molar-refractivity contribution in [3.05, 3.63) is 28.3 Å². The molecule has 0 spiro atoms. The van der Waals surface area contributed by atoms with Crippen LogP contribution in [0, 0.1) is 10.1 Å². The smallest absolute Gasteiger partial charge is 0.312 e. The van der Waals surface area contributed by atoms with E-state index in [2.05, 4.69) is 6.92 Å². The van der Waals surface area contributed by atoms with E-state index in [-0.39, 0.29) is 10.6 Å². The highest BCUT2D eigenvalue weighted by atomic mass is 32.2. The van der Waals surface area contributed by atoms with Crippen molar-refractivity contribution in [1.29, 1.82) is 0 Å². The van der Waals surface area contributed by atoms with Crippen LogP contribution >= 0.6 is 0 Å². The molecule has 20 heavy (non-hydrogen) atoms. The van der Waals surface area contributed by atoms with Crippen LogP contribution in [0.4, 0.5) is 5.69 Å². The van der Waals surface area contributed by atoms with Gasteiger partial charge in [0.1, 0.15) is 0 Å². The van der Waals surface area contributed by atoms with Crippen molar-refractivity contribution in [3.63, 3.8) is 0 Å². The first-order chi connectivity index (χ1) is 9.36. The third-order valence-electron chi connectivity index (χ3n) is 2.71. The largest absolute Gasteiger partial charge is 0.487 e. The minimum absolute atomic E-state index is 0.0545. The van der Waals surface area contributed by atoms with Gasteiger partial charge in [0.2, 0.25) is 10.0 Å². The number of ether oxygens (including phenoxy) is 1. The lowest BCUT2D eigenvalue weighted by Crippen LogP contribution is -2.12. The number of nitro benzene ring substituents is 1. The van der Waals surface area contributed by atoms with E-state index in [1.54, 1.807) is 0 Å². The summed E-state index contributed by atoms with van der Waals surface area (Å²) in [6.07, 6.45) is 3.94. The maximum absolute atomic E-state index is 11.2. The summed E-state index contributed by atoms with van der Waals surface area (Å²) in [4.78, 5) is 9.94. The van der Waals surface area contributed by atoms with Gasteiger partial charge in [-0.05, 0) is 18.6 Å². The summed E-state index contributed by atoms with van der Waals surface area (Å²) in [5.74, 6) is 0.0545. The first-order valence-electron chi connectivity index (χ1n) is 6.30. The predicted molar refractivity (Wildman–Crippen MR) is 74.1 cm³/mol. The van der Waals surface area contributed by atoms with Crippen LogP contribution in [0.3, 0.4) is 0 Å². The van der Waals surface area contributed by atoms with Crippen molar-refractivity contribution in [1.82, 2.24) is 0 Å². The molecule has 0 aliphatic heterocycles. The van der Waals surface area contributed by atoms with Crippen LogP contribution in [-0.2, 0) is 10.0 Å². The van der Waals surface area contributed by atoms with E-state index in [1.165, 1.54) is 12.1 Å². The SMILES string of the molecule is CCCCCCOc1ccc(S(N)(=O)=O)cc1[N+](=O)[O-]. The highest BCUT2D eigenvalue weighted by Crippen LogP contribution is 2.29. The lowest BCUT2D eigenvalue weighted by atomic mass is 10.2. The first kappa shape index (κ1) is 16.4. The van der Waals surface area contributed by atoms with E-state index in [0.29, 0.717) is 6.61 Å². The second-order valence-corrected chi connectivity index (χ2v) is 5.90. The summed E-state index contributed by atoms with van der Waals surface area (Å²) in [6, 6.07) is 3.37. The second kappa shape index (κ2) is 7.20. The van der Waals surface area contributed by atoms with Gasteiger partial charge in [-0.15, -0.1) is 0 Å². The Morgan fingerprint density at radius 2 is 2.00 bits per heavy atom. The lowest BCUT2D eigenvalue weighted by molar-refractivity contribution is -0.386. The maximum atomic E-state index is 11.2.